The van der Waals surface area contributed by atoms with Crippen LogP contribution in [-0.2, 0) is 18.5 Å². The fourth-order valence-corrected chi connectivity index (χ4v) is 3.40. The monoisotopic (exact) mass is 581 g/mol. The van der Waals surface area contributed by atoms with Crippen molar-refractivity contribution in [1.29, 1.82) is 0 Å². The molecule has 0 aliphatic carbocycles. The molecular formula is C25H17F10N3O2. The summed E-state index contributed by atoms with van der Waals surface area (Å²) in [5.41, 5.74) is -5.69. The van der Waals surface area contributed by atoms with Gasteiger partial charge in [-0.2, -0.15) is 39.5 Å². The van der Waals surface area contributed by atoms with Crippen molar-refractivity contribution in [2.45, 2.75) is 18.5 Å². The Hall–Kier alpha value is -4.30. The molecule has 3 rings (SSSR count). The Labute approximate surface area is 219 Å². The zero-order valence-electron chi connectivity index (χ0n) is 19.8. The molecule has 0 saturated heterocycles. The fraction of sp³-hybridized carbons (Fsp3) is 0.200. The van der Waals surface area contributed by atoms with Gasteiger partial charge in [-0.15, -0.1) is 0 Å². The van der Waals surface area contributed by atoms with E-state index >= 15 is 0 Å². The lowest BCUT2D eigenvalue weighted by Crippen LogP contribution is -2.41. The molecule has 2 N–H and O–H groups in total. The van der Waals surface area contributed by atoms with Crippen molar-refractivity contribution >= 4 is 23.3 Å². The first-order chi connectivity index (χ1) is 18.4. The predicted molar refractivity (Wildman–Crippen MR) is 123 cm³/mol. The Kier molecular flexibility index (Phi) is 8.65. The summed E-state index contributed by atoms with van der Waals surface area (Å²) in [5.74, 6) is -2.02. The van der Waals surface area contributed by atoms with E-state index in [-0.39, 0.29) is 29.6 Å². The molecule has 5 nitrogen and oxygen atoms in total. The van der Waals surface area contributed by atoms with Gasteiger partial charge in [0.2, 0.25) is 0 Å². The van der Waals surface area contributed by atoms with E-state index in [2.05, 4.69) is 10.6 Å². The predicted octanol–water partition coefficient (Wildman–Crippen LogP) is 7.35. The van der Waals surface area contributed by atoms with Crippen molar-refractivity contribution < 1.29 is 53.5 Å². The molecule has 15 heteroatoms. The molecule has 0 radical (unpaired) electrons. The second-order valence-electron chi connectivity index (χ2n) is 8.19. The lowest BCUT2D eigenvalue weighted by Gasteiger charge is -2.24. The van der Waals surface area contributed by atoms with Gasteiger partial charge in [-0.05, 0) is 60.7 Å². The maximum absolute atomic E-state index is 13.4. The smallest absolute Gasteiger partial charge is 0.350 e. The molecule has 0 aromatic heterocycles. The van der Waals surface area contributed by atoms with Crippen molar-refractivity contribution in [2.75, 3.05) is 23.3 Å². The molecule has 3 amide bonds. The molecule has 0 bridgehead atoms. The van der Waals surface area contributed by atoms with Crippen molar-refractivity contribution in [1.82, 2.24) is 5.32 Å². The molecule has 3 aromatic rings. The van der Waals surface area contributed by atoms with E-state index in [4.69, 9.17) is 0 Å². The Morgan fingerprint density at radius 2 is 1.25 bits per heavy atom. The average Bonchev–Trinajstić information content (AvgIpc) is 2.85. The van der Waals surface area contributed by atoms with Crippen molar-refractivity contribution in [3.05, 3.63) is 94.8 Å². The van der Waals surface area contributed by atoms with Crippen LogP contribution in [0.5, 0.6) is 0 Å². The Bertz CT molecular complexity index is 1330. The molecule has 0 heterocycles. The molecule has 0 fully saturated rings. The van der Waals surface area contributed by atoms with Crippen LogP contribution in [0.2, 0.25) is 0 Å². The molecule has 214 valence electrons. The van der Waals surface area contributed by atoms with Gasteiger partial charge in [-0.1, -0.05) is 6.07 Å². The summed E-state index contributed by atoms with van der Waals surface area (Å²) in [6.07, 6.45) is -15.1. The van der Waals surface area contributed by atoms with Crippen LogP contribution < -0.4 is 15.5 Å². The van der Waals surface area contributed by atoms with Gasteiger partial charge in [0, 0.05) is 30.0 Å². The highest BCUT2D eigenvalue weighted by molar-refractivity contribution is 6.02. The van der Waals surface area contributed by atoms with Gasteiger partial charge in [-0.3, -0.25) is 9.69 Å². The number of halogens is 10. The van der Waals surface area contributed by atoms with E-state index in [9.17, 15) is 53.5 Å². The molecule has 0 aliphatic heterocycles. The fourth-order valence-electron chi connectivity index (χ4n) is 3.40. The van der Waals surface area contributed by atoms with Gasteiger partial charge >= 0.3 is 24.6 Å². The van der Waals surface area contributed by atoms with Gasteiger partial charge in [0.05, 0.1) is 16.7 Å². The third kappa shape index (κ3) is 7.86. The molecule has 0 saturated carbocycles. The number of urea groups is 1. The van der Waals surface area contributed by atoms with Crippen LogP contribution in [0.4, 0.5) is 60.1 Å². The molecule has 0 atom stereocenters. The summed E-state index contributed by atoms with van der Waals surface area (Å²) in [5, 5.41) is 4.31. The largest absolute Gasteiger partial charge is 0.416 e. The third-order valence-corrected chi connectivity index (χ3v) is 5.30. The first-order valence-electron chi connectivity index (χ1n) is 11.0. The van der Waals surface area contributed by atoms with Crippen molar-refractivity contribution in [3.8, 4) is 0 Å². The summed E-state index contributed by atoms with van der Waals surface area (Å²) >= 11 is 0. The topological polar surface area (TPSA) is 61.4 Å². The number of hydrogen-bond donors (Lipinski definition) is 2. The minimum Gasteiger partial charge on any atom is -0.350 e. The third-order valence-electron chi connectivity index (χ3n) is 5.30. The van der Waals surface area contributed by atoms with Gasteiger partial charge in [0.1, 0.15) is 5.82 Å². The highest BCUT2D eigenvalue weighted by Gasteiger charge is 2.37. The number of carbonyl (C=O) groups is 2. The van der Waals surface area contributed by atoms with Crippen LogP contribution >= 0.6 is 0 Å². The zero-order valence-corrected chi connectivity index (χ0v) is 19.8. The lowest BCUT2D eigenvalue weighted by molar-refractivity contribution is -0.143. The summed E-state index contributed by atoms with van der Waals surface area (Å²) in [6, 6.07) is 7.05. The molecule has 0 unspecified atom stereocenters. The number of anilines is 2. The second kappa shape index (κ2) is 11.4. The minimum atomic E-state index is -5.18. The van der Waals surface area contributed by atoms with E-state index in [1.807, 2.05) is 0 Å². The summed E-state index contributed by atoms with van der Waals surface area (Å²) in [7, 11) is 0. The minimum absolute atomic E-state index is 0.0125. The molecule has 0 aliphatic rings. The SMILES string of the molecule is O=C(NCCN(C(=O)Nc1cccc(C(F)(F)F)c1)c1ccc(F)cc1)c1cc(C(F)(F)F)cc(C(F)(F)F)c1. The zero-order chi connectivity index (χ0) is 29.9. The number of nitrogens with zero attached hydrogens (tertiary/aromatic N) is 1. The van der Waals surface area contributed by atoms with E-state index in [1.54, 1.807) is 0 Å². The van der Waals surface area contributed by atoms with E-state index in [0.717, 1.165) is 47.4 Å². The van der Waals surface area contributed by atoms with Gasteiger partial charge < -0.3 is 10.6 Å². The van der Waals surface area contributed by atoms with E-state index < -0.39 is 71.6 Å². The van der Waals surface area contributed by atoms with Crippen molar-refractivity contribution in [3.63, 3.8) is 0 Å². The van der Waals surface area contributed by atoms with Crippen LogP contribution in [-0.4, -0.2) is 25.0 Å². The molecule has 40 heavy (non-hydrogen) atoms. The highest BCUT2D eigenvalue weighted by Crippen LogP contribution is 2.36. The Balaban J connectivity index is 1.80. The Morgan fingerprint density at radius 1 is 0.700 bits per heavy atom. The van der Waals surface area contributed by atoms with E-state index in [1.165, 1.54) is 0 Å². The van der Waals surface area contributed by atoms with Crippen LogP contribution in [0, 0.1) is 5.82 Å². The maximum Gasteiger partial charge on any atom is 0.416 e. The van der Waals surface area contributed by atoms with Crippen molar-refractivity contribution in [2.24, 2.45) is 0 Å². The van der Waals surface area contributed by atoms with Gasteiger partial charge in [0.25, 0.3) is 5.91 Å². The Morgan fingerprint density at radius 3 is 1.77 bits per heavy atom. The first-order valence-corrected chi connectivity index (χ1v) is 11.0. The number of carbonyl (C=O) groups excluding carboxylic acids is 2. The summed E-state index contributed by atoms with van der Waals surface area (Å²) < 4.78 is 131. The number of hydrogen-bond acceptors (Lipinski definition) is 2. The van der Waals surface area contributed by atoms with Crippen LogP contribution in [0.3, 0.4) is 0 Å². The summed E-state index contributed by atoms with van der Waals surface area (Å²) in [4.78, 5) is 26.2. The summed E-state index contributed by atoms with van der Waals surface area (Å²) in [6.45, 7) is -0.989. The molecule has 0 spiro atoms. The maximum atomic E-state index is 13.4. The van der Waals surface area contributed by atoms with Crippen LogP contribution in [0.1, 0.15) is 27.0 Å². The van der Waals surface area contributed by atoms with Gasteiger partial charge in [-0.25, -0.2) is 9.18 Å². The normalized spacial score (nSPS) is 12.2. The number of amides is 3. The number of rotatable bonds is 6. The second-order valence-corrected chi connectivity index (χ2v) is 8.19. The number of alkyl halides is 9. The molecule has 3 aromatic carbocycles. The van der Waals surface area contributed by atoms with E-state index in [0.29, 0.717) is 6.07 Å². The standard InChI is InChI=1S/C25H17F10N3O2/c26-18-4-6-20(7-5-18)38(22(40)37-19-3-1-2-15(13-19)23(27,28)29)9-8-36-21(39)14-10-16(24(30,31)32)12-17(11-14)25(33,34)35/h1-7,10-13H,8-9H2,(H,36,39)(H,37,40). The quantitative estimate of drug-likeness (QED) is 0.299. The number of nitrogens with one attached hydrogen (secondary N) is 2. The lowest BCUT2D eigenvalue weighted by atomic mass is 10.0. The van der Waals surface area contributed by atoms with Crippen LogP contribution in [0.15, 0.2) is 66.7 Å². The average molecular weight is 581 g/mol. The molecular weight excluding hydrogens is 564 g/mol. The number of benzene rings is 3. The van der Waals surface area contributed by atoms with Gasteiger partial charge in [0.15, 0.2) is 0 Å². The highest BCUT2D eigenvalue weighted by atomic mass is 19.4. The van der Waals surface area contributed by atoms with Crippen LogP contribution in [0.25, 0.3) is 0 Å². The first kappa shape index (κ1) is 30.2.